The highest BCUT2D eigenvalue weighted by atomic mass is 35.5. The Bertz CT molecular complexity index is 364. The topological polar surface area (TPSA) is 78.5 Å². The van der Waals surface area contributed by atoms with Crippen LogP contribution in [0.1, 0.15) is 19.3 Å². The Kier molecular flexibility index (Phi) is 3.24. The number of nitrogens with one attached hydrogen (secondary N) is 2. The number of nitrogens with zero attached hydrogens (tertiary/aromatic N) is 1. The van der Waals surface area contributed by atoms with Crippen LogP contribution in [0.3, 0.4) is 0 Å². The van der Waals surface area contributed by atoms with Crippen LogP contribution in [0.5, 0.6) is 0 Å². The van der Waals surface area contributed by atoms with E-state index in [0.29, 0.717) is 38.2 Å². The van der Waals surface area contributed by atoms with E-state index in [0.717, 1.165) is 0 Å². The van der Waals surface area contributed by atoms with E-state index in [1.807, 2.05) is 0 Å². The zero-order valence-corrected chi connectivity index (χ0v) is 10.0. The smallest absolute Gasteiger partial charge is 0.322 e. The van der Waals surface area contributed by atoms with Gasteiger partial charge < -0.3 is 10.2 Å². The first-order chi connectivity index (χ1) is 8.07. The molecule has 0 aliphatic carbocycles. The predicted molar refractivity (Wildman–Crippen MR) is 60.6 cm³/mol. The summed E-state index contributed by atoms with van der Waals surface area (Å²) in [6.45, 7) is 0.951. The summed E-state index contributed by atoms with van der Waals surface area (Å²) in [5.41, 5.74) is -0.811. The van der Waals surface area contributed by atoms with Crippen LogP contribution in [0.4, 0.5) is 4.79 Å². The molecule has 0 unspecified atom stereocenters. The van der Waals surface area contributed by atoms with Crippen molar-refractivity contribution in [2.24, 2.45) is 0 Å². The fraction of sp³-hybridized carbons (Fsp3) is 0.700. The van der Waals surface area contributed by atoms with Gasteiger partial charge in [0.25, 0.3) is 5.91 Å². The molecule has 0 atom stereocenters. The second-order valence-corrected chi connectivity index (χ2v) is 4.69. The lowest BCUT2D eigenvalue weighted by Gasteiger charge is -2.36. The maximum absolute atomic E-state index is 11.6. The summed E-state index contributed by atoms with van der Waals surface area (Å²) >= 11 is 5.51. The molecule has 4 amide bonds. The van der Waals surface area contributed by atoms with E-state index in [-0.39, 0.29) is 11.8 Å². The molecule has 2 heterocycles. The number of hydrogen-bond donors (Lipinski definition) is 2. The van der Waals surface area contributed by atoms with Crippen molar-refractivity contribution >= 4 is 29.4 Å². The van der Waals surface area contributed by atoms with Crippen molar-refractivity contribution in [2.45, 2.75) is 24.8 Å². The molecule has 2 aliphatic heterocycles. The van der Waals surface area contributed by atoms with E-state index in [2.05, 4.69) is 10.6 Å². The Morgan fingerprint density at radius 3 is 2.47 bits per heavy atom. The van der Waals surface area contributed by atoms with E-state index < -0.39 is 11.6 Å². The molecule has 2 N–H and O–H groups in total. The van der Waals surface area contributed by atoms with Crippen molar-refractivity contribution in [1.29, 1.82) is 0 Å². The molecule has 0 aromatic rings. The molecule has 0 saturated carbocycles. The van der Waals surface area contributed by atoms with E-state index in [1.165, 1.54) is 0 Å². The van der Waals surface area contributed by atoms with Crippen molar-refractivity contribution < 1.29 is 14.4 Å². The minimum atomic E-state index is -0.811. The van der Waals surface area contributed by atoms with Gasteiger partial charge in [0.2, 0.25) is 5.91 Å². The lowest BCUT2D eigenvalue weighted by atomic mass is 9.87. The zero-order chi connectivity index (χ0) is 12.5. The fourth-order valence-electron chi connectivity index (χ4n) is 2.26. The van der Waals surface area contributed by atoms with E-state index in [4.69, 9.17) is 11.6 Å². The van der Waals surface area contributed by atoms with Gasteiger partial charge in [0, 0.05) is 25.4 Å². The summed E-state index contributed by atoms with van der Waals surface area (Å²) in [6.07, 6.45) is 1.23. The molecule has 7 heteroatoms. The molecular formula is C10H14ClN3O3. The largest absolute Gasteiger partial charge is 0.342 e. The number of carbonyl (C=O) groups excluding carboxylic acids is 3. The van der Waals surface area contributed by atoms with Gasteiger partial charge >= 0.3 is 6.03 Å². The average molecular weight is 260 g/mol. The van der Waals surface area contributed by atoms with Crippen LogP contribution in [0.15, 0.2) is 0 Å². The Labute approximate surface area is 104 Å². The summed E-state index contributed by atoms with van der Waals surface area (Å²) < 4.78 is 0. The molecule has 1 spiro atoms. The molecule has 2 rings (SSSR count). The lowest BCUT2D eigenvalue weighted by molar-refractivity contribution is -0.135. The summed E-state index contributed by atoms with van der Waals surface area (Å²) in [5, 5.41) is 4.88. The van der Waals surface area contributed by atoms with E-state index >= 15 is 0 Å². The minimum Gasteiger partial charge on any atom is -0.342 e. The highest BCUT2D eigenvalue weighted by Crippen LogP contribution is 2.25. The Hall–Kier alpha value is -1.30. The van der Waals surface area contributed by atoms with Crippen LogP contribution < -0.4 is 10.6 Å². The number of amides is 4. The monoisotopic (exact) mass is 259 g/mol. The number of halogens is 1. The van der Waals surface area contributed by atoms with Gasteiger partial charge in [-0.1, -0.05) is 0 Å². The highest BCUT2D eigenvalue weighted by Gasteiger charge is 2.48. The zero-order valence-electron chi connectivity index (χ0n) is 9.29. The Morgan fingerprint density at radius 1 is 1.35 bits per heavy atom. The first kappa shape index (κ1) is 12.2. The molecule has 2 fully saturated rings. The summed E-state index contributed by atoms with van der Waals surface area (Å²) in [6, 6.07) is -0.449. The molecule has 2 saturated heterocycles. The van der Waals surface area contributed by atoms with Crippen molar-refractivity contribution in [1.82, 2.24) is 15.5 Å². The van der Waals surface area contributed by atoms with Gasteiger partial charge in [-0.3, -0.25) is 14.9 Å². The Balaban J connectivity index is 1.96. The van der Waals surface area contributed by atoms with Gasteiger partial charge in [-0.25, -0.2) is 4.79 Å². The van der Waals surface area contributed by atoms with Crippen LogP contribution in [-0.2, 0) is 9.59 Å². The number of carbonyl (C=O) groups is 3. The third-order valence-electron chi connectivity index (χ3n) is 3.29. The molecule has 2 aliphatic rings. The van der Waals surface area contributed by atoms with Gasteiger partial charge in [0.1, 0.15) is 5.54 Å². The highest BCUT2D eigenvalue weighted by molar-refractivity contribution is 6.18. The number of rotatable bonds is 2. The Morgan fingerprint density at radius 2 is 2.00 bits per heavy atom. The normalized spacial score (nSPS) is 22.5. The van der Waals surface area contributed by atoms with Gasteiger partial charge in [-0.15, -0.1) is 11.6 Å². The van der Waals surface area contributed by atoms with Crippen LogP contribution >= 0.6 is 11.6 Å². The molecule has 17 heavy (non-hydrogen) atoms. The van der Waals surface area contributed by atoms with Crippen LogP contribution in [-0.4, -0.2) is 47.3 Å². The summed E-state index contributed by atoms with van der Waals surface area (Å²) in [4.78, 5) is 36.0. The molecule has 0 bridgehead atoms. The standard InChI is InChI=1S/C10H14ClN3O3/c11-4-1-7(15)14-5-2-10(3-6-14)8(16)12-9(17)13-10/h1-6H2,(H2,12,13,16,17). The predicted octanol–water partition coefficient (Wildman–Crippen LogP) is -0.184. The van der Waals surface area contributed by atoms with Gasteiger partial charge in [0.05, 0.1) is 0 Å². The molecule has 6 nitrogen and oxygen atoms in total. The second-order valence-electron chi connectivity index (χ2n) is 4.31. The number of imide groups is 1. The van der Waals surface area contributed by atoms with E-state index in [9.17, 15) is 14.4 Å². The van der Waals surface area contributed by atoms with Crippen LogP contribution in [0.2, 0.25) is 0 Å². The number of urea groups is 1. The van der Waals surface area contributed by atoms with Gasteiger partial charge in [0.15, 0.2) is 0 Å². The van der Waals surface area contributed by atoms with Crippen molar-refractivity contribution in [2.75, 3.05) is 19.0 Å². The lowest BCUT2D eigenvalue weighted by Crippen LogP contribution is -2.55. The molecule has 0 radical (unpaired) electrons. The number of hydrogen-bond acceptors (Lipinski definition) is 3. The number of likely N-dealkylation sites (tertiary alicyclic amines) is 1. The maximum atomic E-state index is 11.6. The molecule has 94 valence electrons. The minimum absolute atomic E-state index is 0.000387. The third kappa shape index (κ3) is 2.22. The SMILES string of the molecule is O=C1NC(=O)C2(CCN(C(=O)CCCl)CC2)N1. The fourth-order valence-corrected chi connectivity index (χ4v) is 2.42. The second kappa shape index (κ2) is 4.52. The first-order valence-corrected chi connectivity index (χ1v) is 6.08. The third-order valence-corrected chi connectivity index (χ3v) is 3.48. The quantitative estimate of drug-likeness (QED) is 0.533. The van der Waals surface area contributed by atoms with Crippen molar-refractivity contribution in [3.05, 3.63) is 0 Å². The van der Waals surface area contributed by atoms with E-state index in [1.54, 1.807) is 4.90 Å². The summed E-state index contributed by atoms with van der Waals surface area (Å²) in [5.74, 6) is 0.0176. The maximum Gasteiger partial charge on any atom is 0.322 e. The van der Waals surface area contributed by atoms with Gasteiger partial charge in [-0.05, 0) is 12.8 Å². The summed E-state index contributed by atoms with van der Waals surface area (Å²) in [7, 11) is 0. The van der Waals surface area contributed by atoms with Gasteiger partial charge in [-0.2, -0.15) is 0 Å². The first-order valence-electron chi connectivity index (χ1n) is 5.55. The van der Waals surface area contributed by atoms with Crippen molar-refractivity contribution in [3.8, 4) is 0 Å². The average Bonchev–Trinajstić information content (AvgIpc) is 2.55. The van der Waals surface area contributed by atoms with Crippen LogP contribution in [0.25, 0.3) is 0 Å². The molecule has 0 aromatic carbocycles. The number of alkyl halides is 1. The number of piperidine rings is 1. The molecule has 0 aromatic heterocycles. The van der Waals surface area contributed by atoms with Crippen molar-refractivity contribution in [3.63, 3.8) is 0 Å². The van der Waals surface area contributed by atoms with Crippen LogP contribution in [0, 0.1) is 0 Å². The molecular weight excluding hydrogens is 246 g/mol.